The summed E-state index contributed by atoms with van der Waals surface area (Å²) >= 11 is 0. The molecule has 1 aliphatic carbocycles. The summed E-state index contributed by atoms with van der Waals surface area (Å²) in [5.41, 5.74) is 1.95. The summed E-state index contributed by atoms with van der Waals surface area (Å²) in [7, 11) is 4.23. The molecule has 0 radical (unpaired) electrons. The minimum absolute atomic E-state index is 0.0289. The van der Waals surface area contributed by atoms with Crippen LogP contribution < -0.4 is 5.32 Å². The van der Waals surface area contributed by atoms with Crippen molar-refractivity contribution in [3.05, 3.63) is 66.0 Å². The molecule has 4 nitrogen and oxygen atoms in total. The van der Waals surface area contributed by atoms with Crippen LogP contribution in [0.3, 0.4) is 0 Å². The van der Waals surface area contributed by atoms with E-state index >= 15 is 0 Å². The van der Waals surface area contributed by atoms with Crippen molar-refractivity contribution in [2.75, 3.05) is 14.1 Å². The van der Waals surface area contributed by atoms with Gasteiger partial charge in [-0.1, -0.05) is 37.1 Å². The number of hydrogen-bond acceptors (Lipinski definition) is 3. The highest BCUT2D eigenvalue weighted by Gasteiger charge is 2.35. The predicted molar refractivity (Wildman–Crippen MR) is 100 cm³/mol. The molecule has 0 aliphatic heterocycles. The number of rotatable bonds is 5. The predicted octanol–water partition coefficient (Wildman–Crippen LogP) is 3.67. The normalized spacial score (nSPS) is 21.7. The molecule has 1 amide bonds. The average molecular weight is 337 g/mol. The van der Waals surface area contributed by atoms with Crippen LogP contribution in [0.1, 0.15) is 47.6 Å². The van der Waals surface area contributed by atoms with Crippen LogP contribution in [0, 0.1) is 5.92 Å². The second-order valence-corrected chi connectivity index (χ2v) is 7.09. The zero-order valence-electron chi connectivity index (χ0n) is 15.1. The molecule has 3 rings (SSSR count). The second-order valence-electron chi connectivity index (χ2n) is 7.09. The Labute approximate surface area is 150 Å². The van der Waals surface area contributed by atoms with Crippen LogP contribution in [0.4, 0.5) is 0 Å². The summed E-state index contributed by atoms with van der Waals surface area (Å²) in [6.45, 7) is 0. The topological polar surface area (TPSA) is 45.2 Å². The maximum absolute atomic E-state index is 12.7. The first kappa shape index (κ1) is 17.6. The molecule has 0 saturated heterocycles. The Morgan fingerprint density at radius 3 is 2.56 bits per heavy atom. The number of aromatic nitrogens is 1. The fraction of sp³-hybridized carbons (Fsp3) is 0.429. The maximum Gasteiger partial charge on any atom is 0.251 e. The van der Waals surface area contributed by atoms with E-state index in [0.717, 1.165) is 18.4 Å². The van der Waals surface area contributed by atoms with Gasteiger partial charge in [0.2, 0.25) is 0 Å². The van der Waals surface area contributed by atoms with Crippen molar-refractivity contribution >= 4 is 5.91 Å². The lowest BCUT2D eigenvalue weighted by atomic mass is 9.77. The third-order valence-corrected chi connectivity index (χ3v) is 5.16. The first-order chi connectivity index (χ1) is 12.2. The molecule has 2 aromatic rings. The van der Waals surface area contributed by atoms with Crippen LogP contribution in [0.15, 0.2) is 54.9 Å². The molecule has 1 fully saturated rings. The molecule has 0 spiro atoms. The molecule has 4 heteroatoms. The van der Waals surface area contributed by atoms with Crippen molar-refractivity contribution in [3.63, 3.8) is 0 Å². The minimum Gasteiger partial charge on any atom is -0.349 e. The molecule has 1 N–H and O–H groups in total. The van der Waals surface area contributed by atoms with E-state index in [-0.39, 0.29) is 18.0 Å². The number of carbonyl (C=O) groups excluding carboxylic acids is 1. The standard InChI is InChI=1S/C21H27N3O/c1-24(2)20(17-11-8-14-22-15-17)18-12-6-7-13-19(18)23-21(25)16-9-4-3-5-10-16/h3-5,8-11,14-15,18-20H,6-7,12-13H2,1-2H3,(H,23,25). The van der Waals surface area contributed by atoms with E-state index in [2.05, 4.69) is 35.4 Å². The largest absolute Gasteiger partial charge is 0.349 e. The van der Waals surface area contributed by atoms with Crippen molar-refractivity contribution < 1.29 is 4.79 Å². The van der Waals surface area contributed by atoms with Crippen LogP contribution in [-0.2, 0) is 0 Å². The minimum atomic E-state index is 0.0289. The summed E-state index contributed by atoms with van der Waals surface area (Å²) in [5, 5.41) is 3.30. The second kappa shape index (κ2) is 8.26. The molecular formula is C21H27N3O. The van der Waals surface area contributed by atoms with Gasteiger partial charge in [0.15, 0.2) is 0 Å². The van der Waals surface area contributed by atoms with E-state index < -0.39 is 0 Å². The van der Waals surface area contributed by atoms with E-state index in [1.165, 1.54) is 18.4 Å². The van der Waals surface area contributed by atoms with Gasteiger partial charge in [0.05, 0.1) is 0 Å². The Morgan fingerprint density at radius 1 is 1.12 bits per heavy atom. The monoisotopic (exact) mass is 337 g/mol. The van der Waals surface area contributed by atoms with Gasteiger partial charge in [0.25, 0.3) is 5.91 Å². The number of benzene rings is 1. The van der Waals surface area contributed by atoms with Crippen molar-refractivity contribution in [2.45, 2.75) is 37.8 Å². The zero-order chi connectivity index (χ0) is 17.6. The molecule has 1 aromatic carbocycles. The van der Waals surface area contributed by atoms with Crippen molar-refractivity contribution in [2.24, 2.45) is 5.92 Å². The lowest BCUT2D eigenvalue weighted by Gasteiger charge is -2.40. The molecular weight excluding hydrogens is 310 g/mol. The van der Waals surface area contributed by atoms with Gasteiger partial charge in [-0.15, -0.1) is 0 Å². The van der Waals surface area contributed by atoms with Gasteiger partial charge < -0.3 is 10.2 Å². The van der Waals surface area contributed by atoms with E-state index in [1.807, 2.05) is 48.8 Å². The highest BCUT2D eigenvalue weighted by molar-refractivity contribution is 5.94. The molecule has 1 aromatic heterocycles. The number of carbonyl (C=O) groups is 1. The van der Waals surface area contributed by atoms with Crippen LogP contribution in [0.5, 0.6) is 0 Å². The Morgan fingerprint density at radius 2 is 1.88 bits per heavy atom. The molecule has 0 bridgehead atoms. The van der Waals surface area contributed by atoms with Gasteiger partial charge >= 0.3 is 0 Å². The van der Waals surface area contributed by atoms with Crippen LogP contribution in [-0.4, -0.2) is 35.9 Å². The molecule has 3 atom stereocenters. The highest BCUT2D eigenvalue weighted by Crippen LogP contribution is 2.37. The summed E-state index contributed by atoms with van der Waals surface area (Å²) in [5.74, 6) is 0.418. The smallest absolute Gasteiger partial charge is 0.251 e. The highest BCUT2D eigenvalue weighted by atomic mass is 16.1. The summed E-state index contributed by atoms with van der Waals surface area (Å²) in [6, 6.07) is 14.1. The molecule has 132 valence electrons. The molecule has 1 aliphatic rings. The fourth-order valence-corrected chi connectivity index (χ4v) is 4.04. The molecule has 1 saturated carbocycles. The Kier molecular flexibility index (Phi) is 5.82. The third-order valence-electron chi connectivity index (χ3n) is 5.16. The van der Waals surface area contributed by atoms with Crippen molar-refractivity contribution in [1.29, 1.82) is 0 Å². The SMILES string of the molecule is CN(C)C(c1cccnc1)C1CCCCC1NC(=O)c1ccccc1. The van der Waals surface area contributed by atoms with Gasteiger partial charge in [-0.25, -0.2) is 0 Å². The summed E-state index contributed by atoms with van der Waals surface area (Å²) in [4.78, 5) is 19.2. The summed E-state index contributed by atoms with van der Waals surface area (Å²) < 4.78 is 0. The lowest BCUT2D eigenvalue weighted by Crippen LogP contribution is -2.46. The summed E-state index contributed by atoms with van der Waals surface area (Å²) in [6.07, 6.45) is 8.31. The third kappa shape index (κ3) is 4.26. The first-order valence-electron chi connectivity index (χ1n) is 9.09. The fourth-order valence-electron chi connectivity index (χ4n) is 4.04. The molecule has 1 heterocycles. The van der Waals surface area contributed by atoms with Gasteiger partial charge in [0, 0.05) is 30.0 Å². The van der Waals surface area contributed by atoms with Crippen LogP contribution in [0.25, 0.3) is 0 Å². The van der Waals surface area contributed by atoms with Gasteiger partial charge in [0.1, 0.15) is 0 Å². The Hall–Kier alpha value is -2.20. The maximum atomic E-state index is 12.7. The van der Waals surface area contributed by atoms with E-state index in [1.54, 1.807) is 0 Å². The van der Waals surface area contributed by atoms with E-state index in [9.17, 15) is 4.79 Å². The first-order valence-corrected chi connectivity index (χ1v) is 9.09. The van der Waals surface area contributed by atoms with E-state index in [0.29, 0.717) is 5.92 Å². The number of nitrogens with zero attached hydrogens (tertiary/aromatic N) is 2. The van der Waals surface area contributed by atoms with Crippen molar-refractivity contribution in [3.8, 4) is 0 Å². The van der Waals surface area contributed by atoms with E-state index in [4.69, 9.17) is 0 Å². The number of pyridine rings is 1. The van der Waals surface area contributed by atoms with Crippen molar-refractivity contribution in [1.82, 2.24) is 15.2 Å². The number of hydrogen-bond donors (Lipinski definition) is 1. The molecule has 25 heavy (non-hydrogen) atoms. The van der Waals surface area contributed by atoms with Crippen LogP contribution >= 0.6 is 0 Å². The number of nitrogens with one attached hydrogen (secondary N) is 1. The molecule has 3 unspecified atom stereocenters. The number of amides is 1. The zero-order valence-corrected chi connectivity index (χ0v) is 15.1. The van der Waals surface area contributed by atoms with Crippen LogP contribution in [0.2, 0.25) is 0 Å². The van der Waals surface area contributed by atoms with Gasteiger partial charge in [-0.3, -0.25) is 9.78 Å². The Balaban J connectivity index is 1.81. The quantitative estimate of drug-likeness (QED) is 0.905. The van der Waals surface area contributed by atoms with Gasteiger partial charge in [-0.05, 0) is 56.6 Å². The Bertz CT molecular complexity index is 672. The lowest BCUT2D eigenvalue weighted by molar-refractivity contribution is 0.0845. The average Bonchev–Trinajstić information content (AvgIpc) is 2.64. The van der Waals surface area contributed by atoms with Gasteiger partial charge in [-0.2, -0.15) is 0 Å².